The minimum Gasteiger partial charge on any atom is -0.466 e. The number of amides is 2. The maximum Gasteiger partial charge on any atom is 0.331 e. The van der Waals surface area contributed by atoms with Gasteiger partial charge >= 0.3 is 5.97 Å². The topological polar surface area (TPSA) is 76.0 Å². The molecule has 160 valence electrons. The van der Waals surface area contributed by atoms with E-state index in [-0.39, 0.29) is 15.8 Å². The quantitative estimate of drug-likeness (QED) is 0.361. The maximum absolute atomic E-state index is 14.7. The Morgan fingerprint density at radius 2 is 1.88 bits per heavy atom. The fourth-order valence-corrected chi connectivity index (χ4v) is 4.41. The molecule has 0 N–H and O–H groups in total. The molecule has 1 aliphatic rings. The van der Waals surface area contributed by atoms with Crippen molar-refractivity contribution in [3.8, 4) is 0 Å². The van der Waals surface area contributed by atoms with E-state index in [0.717, 1.165) is 28.1 Å². The number of amidine groups is 1. The van der Waals surface area contributed by atoms with Crippen molar-refractivity contribution in [2.75, 3.05) is 12.0 Å². The van der Waals surface area contributed by atoms with E-state index < -0.39 is 23.6 Å². The molecule has 0 spiro atoms. The van der Waals surface area contributed by atoms with Crippen LogP contribution in [0.5, 0.6) is 0 Å². The van der Waals surface area contributed by atoms with E-state index in [1.165, 1.54) is 19.2 Å². The SMILES string of the molecule is COC(=O)/C=C1\SC(=NC(=O)c2cccc3ccccc23)N(c2ccc(Br)cc2F)C1=O. The number of hydrogen-bond acceptors (Lipinski definition) is 5. The first-order valence-electron chi connectivity index (χ1n) is 9.27. The third kappa shape index (κ3) is 4.21. The van der Waals surface area contributed by atoms with Crippen molar-refractivity contribution in [3.05, 3.63) is 87.5 Å². The van der Waals surface area contributed by atoms with Crippen LogP contribution >= 0.6 is 27.7 Å². The number of hydrogen-bond donors (Lipinski definition) is 0. The molecular formula is C23H14BrFN2O4S. The number of benzene rings is 3. The van der Waals surface area contributed by atoms with Crippen LogP contribution in [0.25, 0.3) is 10.8 Å². The zero-order valence-electron chi connectivity index (χ0n) is 16.5. The zero-order chi connectivity index (χ0) is 22.8. The van der Waals surface area contributed by atoms with Crippen LogP contribution in [0.2, 0.25) is 0 Å². The smallest absolute Gasteiger partial charge is 0.331 e. The van der Waals surface area contributed by atoms with E-state index in [4.69, 9.17) is 0 Å². The summed E-state index contributed by atoms with van der Waals surface area (Å²) in [5.74, 6) is -2.73. The molecule has 1 aliphatic heterocycles. The van der Waals surface area contributed by atoms with Crippen molar-refractivity contribution in [2.45, 2.75) is 0 Å². The van der Waals surface area contributed by atoms with E-state index in [1.807, 2.05) is 18.2 Å². The van der Waals surface area contributed by atoms with Gasteiger partial charge < -0.3 is 4.74 Å². The minimum absolute atomic E-state index is 0.0383. The summed E-state index contributed by atoms with van der Waals surface area (Å²) in [5, 5.41) is 1.49. The van der Waals surface area contributed by atoms with Gasteiger partial charge in [-0.2, -0.15) is 4.99 Å². The third-order valence-corrected chi connectivity index (χ3v) is 6.09. The predicted molar refractivity (Wildman–Crippen MR) is 125 cm³/mol. The largest absolute Gasteiger partial charge is 0.466 e. The Hall–Kier alpha value is -3.30. The van der Waals surface area contributed by atoms with E-state index >= 15 is 0 Å². The Morgan fingerprint density at radius 1 is 1.12 bits per heavy atom. The Morgan fingerprint density at radius 3 is 2.62 bits per heavy atom. The van der Waals surface area contributed by atoms with E-state index in [1.54, 1.807) is 30.3 Å². The molecule has 2 amide bonds. The van der Waals surface area contributed by atoms with Crippen molar-refractivity contribution in [3.63, 3.8) is 0 Å². The van der Waals surface area contributed by atoms with Gasteiger partial charge in [0.1, 0.15) is 5.82 Å². The Bertz CT molecular complexity index is 1330. The van der Waals surface area contributed by atoms with Crippen LogP contribution < -0.4 is 4.90 Å². The van der Waals surface area contributed by atoms with Crippen molar-refractivity contribution in [1.82, 2.24) is 0 Å². The van der Waals surface area contributed by atoms with Crippen LogP contribution in [0.4, 0.5) is 10.1 Å². The first-order chi connectivity index (χ1) is 15.4. The van der Waals surface area contributed by atoms with Crippen molar-refractivity contribution >= 4 is 67.1 Å². The molecule has 9 heteroatoms. The number of carbonyl (C=O) groups excluding carboxylic acids is 3. The molecule has 4 rings (SSSR count). The molecule has 1 saturated heterocycles. The number of rotatable bonds is 3. The lowest BCUT2D eigenvalue weighted by molar-refractivity contribution is -0.135. The molecule has 3 aromatic carbocycles. The number of aliphatic imine (C=N–C) groups is 1. The molecular weight excluding hydrogens is 499 g/mol. The summed E-state index contributed by atoms with van der Waals surface area (Å²) in [7, 11) is 1.18. The second-order valence-corrected chi connectivity index (χ2v) is 8.52. The van der Waals surface area contributed by atoms with Gasteiger partial charge in [0, 0.05) is 16.1 Å². The fourth-order valence-electron chi connectivity index (χ4n) is 3.15. The maximum atomic E-state index is 14.7. The summed E-state index contributed by atoms with van der Waals surface area (Å²) in [6.45, 7) is 0. The fraction of sp³-hybridized carbons (Fsp3) is 0.0435. The standard InChI is InChI=1S/C23H14BrFN2O4S/c1-31-20(28)12-19-22(30)27(18-10-9-14(24)11-17(18)25)23(32-19)26-21(29)16-8-4-6-13-5-2-3-7-15(13)16/h2-12H,1H3/b19-12-,26-23?. The normalized spacial score (nSPS) is 16.2. The molecule has 32 heavy (non-hydrogen) atoms. The highest BCUT2D eigenvalue weighted by Gasteiger charge is 2.37. The van der Waals surface area contributed by atoms with E-state index in [2.05, 4.69) is 25.7 Å². The van der Waals surface area contributed by atoms with Gasteiger partial charge in [0.05, 0.1) is 17.7 Å². The lowest BCUT2D eigenvalue weighted by Gasteiger charge is -2.16. The highest BCUT2D eigenvalue weighted by Crippen LogP contribution is 2.37. The van der Waals surface area contributed by atoms with Gasteiger partial charge in [-0.15, -0.1) is 0 Å². The van der Waals surface area contributed by atoms with Crippen molar-refractivity contribution < 1.29 is 23.5 Å². The summed E-state index contributed by atoms with van der Waals surface area (Å²) < 4.78 is 19.8. The van der Waals surface area contributed by atoms with E-state index in [0.29, 0.717) is 15.4 Å². The van der Waals surface area contributed by atoms with Gasteiger partial charge in [-0.25, -0.2) is 9.18 Å². The van der Waals surface area contributed by atoms with Crippen LogP contribution in [0.15, 0.2) is 81.1 Å². The first-order valence-corrected chi connectivity index (χ1v) is 10.9. The highest BCUT2D eigenvalue weighted by molar-refractivity contribution is 9.10. The van der Waals surface area contributed by atoms with Gasteiger partial charge in [-0.1, -0.05) is 52.3 Å². The zero-order valence-corrected chi connectivity index (χ0v) is 18.9. The molecule has 1 fully saturated rings. The summed E-state index contributed by atoms with van der Waals surface area (Å²) in [5.41, 5.74) is 0.244. The average molecular weight is 513 g/mol. The molecule has 3 aromatic rings. The molecule has 0 unspecified atom stereocenters. The second kappa shape index (κ2) is 9.05. The summed E-state index contributed by atoms with van der Waals surface area (Å²) >= 11 is 3.97. The number of ether oxygens (including phenoxy) is 1. The molecule has 0 aromatic heterocycles. The van der Waals surface area contributed by atoms with Crippen LogP contribution in [0, 0.1) is 5.82 Å². The molecule has 0 aliphatic carbocycles. The van der Waals surface area contributed by atoms with E-state index in [9.17, 15) is 18.8 Å². The van der Waals surface area contributed by atoms with Gasteiger partial charge in [0.15, 0.2) is 5.17 Å². The van der Waals surface area contributed by atoms with Crippen molar-refractivity contribution in [1.29, 1.82) is 0 Å². The molecule has 0 saturated carbocycles. The lowest BCUT2D eigenvalue weighted by atomic mass is 10.0. The molecule has 0 radical (unpaired) electrons. The van der Waals surface area contributed by atoms with Crippen LogP contribution in [-0.2, 0) is 14.3 Å². The predicted octanol–water partition coefficient (Wildman–Crippen LogP) is 5.07. The van der Waals surface area contributed by atoms with Gasteiger partial charge in [-0.3, -0.25) is 14.5 Å². The number of methoxy groups -OCH3 is 1. The summed E-state index contributed by atoms with van der Waals surface area (Å²) in [6.07, 6.45) is 0.988. The molecule has 6 nitrogen and oxygen atoms in total. The molecule has 1 heterocycles. The molecule has 0 atom stereocenters. The van der Waals surface area contributed by atoms with Crippen LogP contribution in [-0.4, -0.2) is 30.1 Å². The third-order valence-electron chi connectivity index (χ3n) is 4.62. The second-order valence-electron chi connectivity index (χ2n) is 6.60. The summed E-state index contributed by atoms with van der Waals surface area (Å²) in [4.78, 5) is 42.8. The minimum atomic E-state index is -0.751. The van der Waals surface area contributed by atoms with Gasteiger partial charge in [0.2, 0.25) is 0 Å². The average Bonchev–Trinajstić information content (AvgIpc) is 3.07. The number of halogens is 2. The Labute approximate surface area is 194 Å². The summed E-state index contributed by atoms with van der Waals surface area (Å²) in [6, 6.07) is 16.7. The number of fused-ring (bicyclic) bond motifs is 1. The Kier molecular flexibility index (Phi) is 6.20. The van der Waals surface area contributed by atoms with Gasteiger partial charge in [-0.05, 0) is 46.8 Å². The van der Waals surface area contributed by atoms with Crippen LogP contribution in [0.1, 0.15) is 10.4 Å². The highest BCUT2D eigenvalue weighted by atomic mass is 79.9. The number of esters is 1. The number of carbonyl (C=O) groups is 3. The first kappa shape index (κ1) is 21.9. The monoisotopic (exact) mass is 512 g/mol. The lowest BCUT2D eigenvalue weighted by Crippen LogP contribution is -2.30. The van der Waals surface area contributed by atoms with Crippen molar-refractivity contribution in [2.24, 2.45) is 4.99 Å². The number of thioether (sulfide) groups is 1. The van der Waals surface area contributed by atoms with Gasteiger partial charge in [0.25, 0.3) is 11.8 Å². The Balaban J connectivity index is 1.82. The molecule has 0 bridgehead atoms. The van der Waals surface area contributed by atoms with Crippen LogP contribution in [0.3, 0.4) is 0 Å². The number of nitrogens with zero attached hydrogens (tertiary/aromatic N) is 2. The number of anilines is 1.